The summed E-state index contributed by atoms with van der Waals surface area (Å²) in [6.45, 7) is 5.03. The maximum Gasteiger partial charge on any atom is 0.265 e. The van der Waals surface area contributed by atoms with Gasteiger partial charge in [-0.25, -0.2) is 0 Å². The predicted molar refractivity (Wildman–Crippen MR) is 175 cm³/mol. The number of nitrogens with one attached hydrogen (secondary N) is 2. The van der Waals surface area contributed by atoms with E-state index < -0.39 is 0 Å². The Balaban J connectivity index is 1.08. The highest BCUT2D eigenvalue weighted by Crippen LogP contribution is 2.39. The number of hydrogen-bond donors (Lipinski definition) is 2. The minimum absolute atomic E-state index is 0.0618. The average Bonchev–Trinajstić information content (AvgIpc) is 3.59. The molecule has 2 saturated heterocycles. The van der Waals surface area contributed by atoms with E-state index in [4.69, 9.17) is 0 Å². The Kier molecular flexibility index (Phi) is 8.06. The number of amides is 2. The first-order chi connectivity index (χ1) is 21.5. The van der Waals surface area contributed by atoms with Gasteiger partial charge in [-0.05, 0) is 66.5 Å². The van der Waals surface area contributed by atoms with Gasteiger partial charge in [-0.3, -0.25) is 19.3 Å². The van der Waals surface area contributed by atoms with Crippen LogP contribution in [0.3, 0.4) is 0 Å². The van der Waals surface area contributed by atoms with Gasteiger partial charge in [0.15, 0.2) is 0 Å². The standard InChI is InChI=1S/C35H37N5O3S/c41-33-10-4-8-30-27-18-25(22-40(30)33)21-39(23-27)31-12-11-26(19-29(31)37-35(43)32-9-5-17-44-32)34(42)36-28-13-15-38(16-14-28)20-24-6-2-1-3-7-24/h1-12,17,19,25,27-28H,13-16,18,20-23H2,(H,36,42)(H,37,43)/t25-,27+/m1/s1. The molecule has 9 heteroatoms. The fourth-order valence-electron chi connectivity index (χ4n) is 7.08. The van der Waals surface area contributed by atoms with Crippen molar-refractivity contribution in [3.63, 3.8) is 0 Å². The molecule has 5 heterocycles. The smallest absolute Gasteiger partial charge is 0.265 e. The van der Waals surface area contributed by atoms with E-state index in [9.17, 15) is 14.4 Å². The quantitative estimate of drug-likeness (QED) is 0.303. The van der Waals surface area contributed by atoms with Gasteiger partial charge < -0.3 is 20.1 Å². The lowest BCUT2D eigenvalue weighted by atomic mass is 9.83. The van der Waals surface area contributed by atoms with E-state index in [1.165, 1.54) is 16.9 Å². The molecular weight excluding hydrogens is 570 g/mol. The van der Waals surface area contributed by atoms with E-state index in [0.29, 0.717) is 28.6 Å². The number of fused-ring (bicyclic) bond motifs is 4. The van der Waals surface area contributed by atoms with Crippen molar-refractivity contribution < 1.29 is 9.59 Å². The molecule has 2 bridgehead atoms. The van der Waals surface area contributed by atoms with Gasteiger partial charge in [-0.1, -0.05) is 42.5 Å². The van der Waals surface area contributed by atoms with Crippen LogP contribution in [0.15, 0.2) is 89.0 Å². The number of pyridine rings is 1. The number of piperidine rings is 2. The van der Waals surface area contributed by atoms with Gasteiger partial charge >= 0.3 is 0 Å². The van der Waals surface area contributed by atoms with Crippen molar-refractivity contribution in [1.29, 1.82) is 0 Å². The molecule has 0 radical (unpaired) electrons. The summed E-state index contributed by atoms with van der Waals surface area (Å²) < 4.78 is 1.93. The molecule has 0 spiro atoms. The van der Waals surface area contributed by atoms with E-state index in [1.54, 1.807) is 12.1 Å². The van der Waals surface area contributed by atoms with Crippen molar-refractivity contribution in [2.75, 3.05) is 36.4 Å². The van der Waals surface area contributed by atoms with Gasteiger partial charge in [-0.2, -0.15) is 0 Å². The Bertz CT molecular complexity index is 1700. The molecule has 2 aromatic heterocycles. The molecule has 2 atom stereocenters. The number of nitrogens with zero attached hydrogens (tertiary/aromatic N) is 3. The molecule has 44 heavy (non-hydrogen) atoms. The van der Waals surface area contributed by atoms with Crippen LogP contribution in [0.4, 0.5) is 11.4 Å². The Labute approximate surface area is 261 Å². The largest absolute Gasteiger partial charge is 0.369 e. The number of carbonyl (C=O) groups excluding carboxylic acids is 2. The summed E-state index contributed by atoms with van der Waals surface area (Å²) in [5, 5.41) is 8.26. The highest BCUT2D eigenvalue weighted by Gasteiger charge is 2.35. The molecule has 0 unspecified atom stereocenters. The molecule has 2 aromatic carbocycles. The zero-order valence-corrected chi connectivity index (χ0v) is 25.5. The van der Waals surface area contributed by atoms with Crippen LogP contribution in [-0.2, 0) is 13.1 Å². The SMILES string of the molecule is O=C(NC1CCN(Cc2ccccc2)CC1)c1ccc(N2C[C@H]3C[C@@H](C2)c2cccc(=O)n2C3)c(NC(=O)c2cccs2)c1. The third-order valence-corrected chi connectivity index (χ3v) is 10.1. The summed E-state index contributed by atoms with van der Waals surface area (Å²) >= 11 is 1.39. The molecule has 8 nitrogen and oxygen atoms in total. The molecule has 226 valence electrons. The van der Waals surface area contributed by atoms with Crippen molar-refractivity contribution >= 4 is 34.5 Å². The van der Waals surface area contributed by atoms with Crippen molar-refractivity contribution in [2.45, 2.75) is 44.3 Å². The van der Waals surface area contributed by atoms with E-state index in [0.717, 1.165) is 63.4 Å². The number of rotatable bonds is 7. The monoisotopic (exact) mass is 607 g/mol. The van der Waals surface area contributed by atoms with E-state index in [1.807, 2.05) is 46.3 Å². The Morgan fingerprint density at radius 3 is 2.50 bits per heavy atom. The van der Waals surface area contributed by atoms with Crippen LogP contribution in [0.25, 0.3) is 0 Å². The molecule has 0 aliphatic carbocycles. The van der Waals surface area contributed by atoms with Crippen molar-refractivity contribution in [1.82, 2.24) is 14.8 Å². The zero-order chi connectivity index (χ0) is 30.0. The summed E-state index contributed by atoms with van der Waals surface area (Å²) in [5.41, 5.74) is 4.53. The molecular formula is C35H37N5O3S. The lowest BCUT2D eigenvalue weighted by Gasteiger charge is -2.44. The second-order valence-electron chi connectivity index (χ2n) is 12.3. The Hall–Kier alpha value is -4.21. The van der Waals surface area contributed by atoms with Crippen LogP contribution in [0.5, 0.6) is 0 Å². The third kappa shape index (κ3) is 6.07. The van der Waals surface area contributed by atoms with Crippen LogP contribution in [0.2, 0.25) is 0 Å². The van der Waals surface area contributed by atoms with E-state index >= 15 is 0 Å². The second-order valence-corrected chi connectivity index (χ2v) is 13.2. The molecule has 4 aromatic rings. The number of thiophene rings is 1. The minimum atomic E-state index is -0.182. The topological polar surface area (TPSA) is 86.7 Å². The molecule has 2 N–H and O–H groups in total. The number of hydrogen-bond acceptors (Lipinski definition) is 6. The summed E-state index contributed by atoms with van der Waals surface area (Å²) in [5.74, 6) is 0.262. The van der Waals surface area contributed by atoms with Gasteiger partial charge in [0.1, 0.15) is 0 Å². The highest BCUT2D eigenvalue weighted by atomic mass is 32.1. The van der Waals surface area contributed by atoms with Gasteiger partial charge in [0, 0.05) is 68.6 Å². The van der Waals surface area contributed by atoms with Gasteiger partial charge in [0.05, 0.1) is 16.3 Å². The summed E-state index contributed by atoms with van der Waals surface area (Å²) in [7, 11) is 0. The number of carbonyl (C=O) groups is 2. The first-order valence-electron chi connectivity index (χ1n) is 15.5. The fraction of sp³-hybridized carbons (Fsp3) is 0.343. The van der Waals surface area contributed by atoms with Crippen molar-refractivity contribution in [3.05, 3.63) is 116 Å². The van der Waals surface area contributed by atoms with Gasteiger partial charge in [-0.15, -0.1) is 11.3 Å². The lowest BCUT2D eigenvalue weighted by molar-refractivity contribution is 0.0908. The third-order valence-electron chi connectivity index (χ3n) is 9.24. The number of anilines is 2. The van der Waals surface area contributed by atoms with Crippen LogP contribution in [-0.4, -0.2) is 53.5 Å². The van der Waals surface area contributed by atoms with Gasteiger partial charge in [0.25, 0.3) is 17.4 Å². The molecule has 0 saturated carbocycles. The maximum atomic E-state index is 13.5. The first kappa shape index (κ1) is 28.6. The molecule has 3 aliphatic heterocycles. The molecule has 3 aliphatic rings. The first-order valence-corrected chi connectivity index (χ1v) is 16.4. The van der Waals surface area contributed by atoms with Crippen LogP contribution < -0.4 is 21.1 Å². The number of likely N-dealkylation sites (tertiary alicyclic amines) is 1. The van der Waals surface area contributed by atoms with Crippen LogP contribution in [0.1, 0.15) is 56.5 Å². The second kappa shape index (κ2) is 12.4. The predicted octanol–water partition coefficient (Wildman–Crippen LogP) is 5.18. The molecule has 2 amide bonds. The van der Waals surface area contributed by atoms with E-state index in [-0.39, 0.29) is 29.3 Å². The van der Waals surface area contributed by atoms with E-state index in [2.05, 4.69) is 50.8 Å². The normalized spacial score (nSPS) is 20.1. The molecule has 2 fully saturated rings. The van der Waals surface area contributed by atoms with Crippen LogP contribution in [0, 0.1) is 5.92 Å². The minimum Gasteiger partial charge on any atom is -0.369 e. The summed E-state index contributed by atoms with van der Waals surface area (Å²) in [6.07, 6.45) is 2.85. The van der Waals surface area contributed by atoms with Crippen molar-refractivity contribution in [3.8, 4) is 0 Å². The van der Waals surface area contributed by atoms with Gasteiger partial charge in [0.2, 0.25) is 0 Å². The zero-order valence-electron chi connectivity index (χ0n) is 24.7. The highest BCUT2D eigenvalue weighted by molar-refractivity contribution is 7.12. The maximum absolute atomic E-state index is 13.5. The Morgan fingerprint density at radius 2 is 1.70 bits per heavy atom. The fourth-order valence-corrected chi connectivity index (χ4v) is 7.70. The van der Waals surface area contributed by atoms with Crippen molar-refractivity contribution in [2.24, 2.45) is 5.92 Å². The summed E-state index contributed by atoms with van der Waals surface area (Å²) in [6, 6.07) is 25.5. The lowest BCUT2D eigenvalue weighted by Crippen LogP contribution is -2.47. The Morgan fingerprint density at radius 1 is 0.864 bits per heavy atom. The molecule has 7 rings (SSSR count). The average molecular weight is 608 g/mol. The number of aromatic nitrogens is 1. The summed E-state index contributed by atoms with van der Waals surface area (Å²) in [4.78, 5) is 44.6. The van der Waals surface area contributed by atoms with Crippen LogP contribution >= 0.6 is 11.3 Å². The number of benzene rings is 2.